The second-order valence-electron chi connectivity index (χ2n) is 5.33. The molecule has 0 atom stereocenters. The number of quaternary nitrogens is 1. The number of hydrogen-bond acceptors (Lipinski definition) is 5. The maximum atomic E-state index is 6.21. The second kappa shape index (κ2) is 8.49. The zero-order valence-electron chi connectivity index (χ0n) is 13.0. The zero-order chi connectivity index (χ0) is 16.9. The molecule has 0 unspecified atom stereocenters. The van der Waals surface area contributed by atoms with E-state index in [1.54, 1.807) is 11.8 Å². The molecule has 0 amide bonds. The van der Waals surface area contributed by atoms with Crippen molar-refractivity contribution < 1.29 is 5.73 Å². The highest BCUT2D eigenvalue weighted by Crippen LogP contribution is 2.33. The molecule has 3 N–H and O–H groups in total. The number of nitrogens with zero attached hydrogens (tertiary/aromatic N) is 4. The lowest BCUT2D eigenvalue weighted by atomic mass is 10.2. The second-order valence-corrected chi connectivity index (χ2v) is 8.32. The highest BCUT2D eigenvalue weighted by molar-refractivity contribution is 8.00. The molecule has 5 nitrogen and oxygen atoms in total. The van der Waals surface area contributed by atoms with E-state index in [1.165, 1.54) is 11.3 Å². The first kappa shape index (κ1) is 17.9. The van der Waals surface area contributed by atoms with Crippen molar-refractivity contribution in [2.45, 2.75) is 35.8 Å². The molecule has 128 valence electrons. The van der Waals surface area contributed by atoms with Gasteiger partial charge in [-0.3, -0.25) is 0 Å². The van der Waals surface area contributed by atoms with E-state index in [1.807, 2.05) is 22.7 Å². The average molecular weight is 403 g/mol. The first-order chi connectivity index (χ1) is 11.7. The van der Waals surface area contributed by atoms with Crippen LogP contribution in [0.2, 0.25) is 10.0 Å². The molecule has 1 aromatic carbocycles. The van der Waals surface area contributed by atoms with Gasteiger partial charge in [0, 0.05) is 22.2 Å². The number of benzene rings is 1. The number of aryl methyl sites for hydroxylation is 1. The molecule has 0 radical (unpaired) electrons. The van der Waals surface area contributed by atoms with Crippen molar-refractivity contribution in [3.8, 4) is 0 Å². The summed E-state index contributed by atoms with van der Waals surface area (Å²) >= 11 is 15.6. The minimum absolute atomic E-state index is 0.682. The molecule has 2 heterocycles. The van der Waals surface area contributed by atoms with E-state index in [2.05, 4.69) is 21.0 Å². The fourth-order valence-corrected chi connectivity index (χ4v) is 4.93. The van der Waals surface area contributed by atoms with Crippen molar-refractivity contribution in [2.24, 2.45) is 0 Å². The molecule has 0 saturated heterocycles. The maximum Gasteiger partial charge on any atom is 0.235 e. The van der Waals surface area contributed by atoms with Crippen LogP contribution >= 0.6 is 46.3 Å². The van der Waals surface area contributed by atoms with Crippen LogP contribution in [0.3, 0.4) is 0 Å². The minimum atomic E-state index is 0.682. The number of halogens is 2. The third-order valence-electron chi connectivity index (χ3n) is 3.59. The predicted octanol–water partition coefficient (Wildman–Crippen LogP) is 3.74. The van der Waals surface area contributed by atoms with Gasteiger partial charge in [0.15, 0.2) is 10.2 Å². The van der Waals surface area contributed by atoms with Crippen LogP contribution in [0, 0.1) is 0 Å². The molecule has 2 aromatic heterocycles. The number of hydrogen-bond donors (Lipinski definition) is 1. The van der Waals surface area contributed by atoms with Crippen LogP contribution in [-0.4, -0.2) is 26.4 Å². The van der Waals surface area contributed by atoms with Crippen LogP contribution in [0.4, 0.5) is 0 Å². The highest BCUT2D eigenvalue weighted by Gasteiger charge is 2.13. The Morgan fingerprint density at radius 1 is 1.12 bits per heavy atom. The molecular weight excluding hydrogens is 385 g/mol. The molecule has 0 bridgehead atoms. The van der Waals surface area contributed by atoms with Crippen LogP contribution in [0.25, 0.3) is 4.96 Å². The highest BCUT2D eigenvalue weighted by atomic mass is 35.5. The third-order valence-corrected chi connectivity index (χ3v) is 6.36. The van der Waals surface area contributed by atoms with E-state index in [0.717, 1.165) is 52.9 Å². The Bertz CT molecular complexity index is 797. The van der Waals surface area contributed by atoms with Gasteiger partial charge in [-0.25, -0.2) is 0 Å². The van der Waals surface area contributed by atoms with Crippen molar-refractivity contribution >= 4 is 51.3 Å². The summed E-state index contributed by atoms with van der Waals surface area (Å²) in [5.41, 5.74) is 4.80. The van der Waals surface area contributed by atoms with Gasteiger partial charge in [-0.2, -0.15) is 4.52 Å². The van der Waals surface area contributed by atoms with Crippen molar-refractivity contribution in [1.82, 2.24) is 19.8 Å². The zero-order valence-corrected chi connectivity index (χ0v) is 16.2. The lowest BCUT2D eigenvalue weighted by Crippen LogP contribution is -2.50. The Morgan fingerprint density at radius 2 is 1.92 bits per heavy atom. The van der Waals surface area contributed by atoms with Crippen molar-refractivity contribution in [3.05, 3.63) is 39.6 Å². The molecule has 0 spiro atoms. The molecule has 0 aliphatic carbocycles. The summed E-state index contributed by atoms with van der Waals surface area (Å²) in [6, 6.07) is 5.56. The Morgan fingerprint density at radius 3 is 2.67 bits per heavy atom. The van der Waals surface area contributed by atoms with Gasteiger partial charge in [0.25, 0.3) is 0 Å². The summed E-state index contributed by atoms with van der Waals surface area (Å²) in [6.45, 7) is 0.983. The van der Waals surface area contributed by atoms with Crippen LogP contribution < -0.4 is 5.73 Å². The van der Waals surface area contributed by atoms with Gasteiger partial charge in [0.1, 0.15) is 0 Å². The lowest BCUT2D eigenvalue weighted by molar-refractivity contribution is -0.368. The van der Waals surface area contributed by atoms with E-state index in [4.69, 9.17) is 23.2 Å². The number of rotatable bonds is 8. The van der Waals surface area contributed by atoms with Gasteiger partial charge in [-0.05, 0) is 37.0 Å². The van der Waals surface area contributed by atoms with Gasteiger partial charge < -0.3 is 5.73 Å². The number of unbranched alkanes of at least 4 members (excludes halogenated alkanes) is 2. The summed E-state index contributed by atoms with van der Waals surface area (Å²) in [7, 11) is 0. The topological polar surface area (TPSA) is 70.7 Å². The summed E-state index contributed by atoms with van der Waals surface area (Å²) in [5, 5.41) is 14.4. The fourth-order valence-electron chi connectivity index (χ4n) is 2.29. The van der Waals surface area contributed by atoms with Crippen LogP contribution in [0.5, 0.6) is 0 Å². The quantitative estimate of drug-likeness (QED) is 0.460. The fraction of sp³-hybridized carbons (Fsp3) is 0.400. The summed E-state index contributed by atoms with van der Waals surface area (Å²) < 4.78 is 2.79. The van der Waals surface area contributed by atoms with Gasteiger partial charge in [-0.1, -0.05) is 52.4 Å². The van der Waals surface area contributed by atoms with Gasteiger partial charge in [-0.15, -0.1) is 15.3 Å². The Hall–Kier alpha value is -0.860. The third kappa shape index (κ3) is 4.21. The lowest BCUT2D eigenvalue weighted by Gasteiger charge is -2.04. The smallest absolute Gasteiger partial charge is 0.235 e. The molecule has 3 aromatic rings. The van der Waals surface area contributed by atoms with E-state index in [0.29, 0.717) is 15.8 Å². The summed E-state index contributed by atoms with van der Waals surface area (Å²) in [6.07, 6.45) is 4.30. The van der Waals surface area contributed by atoms with Crippen LogP contribution in [0.1, 0.15) is 30.7 Å². The van der Waals surface area contributed by atoms with Crippen molar-refractivity contribution in [3.63, 3.8) is 0 Å². The van der Waals surface area contributed by atoms with E-state index < -0.39 is 0 Å². The molecule has 0 saturated carbocycles. The standard InChI is InChI=1S/C15H17Cl2N5S2/c16-11-5-4-6-12(17)10(11)9-23-15-21-22-13(7-2-1-3-8-18)19-20-14(22)24-15/h4-6H,1-3,7-9,18H2/p+1. The molecule has 0 aliphatic heterocycles. The van der Waals surface area contributed by atoms with E-state index in [-0.39, 0.29) is 0 Å². The number of thioether (sulfide) groups is 1. The minimum Gasteiger partial charge on any atom is -0.358 e. The van der Waals surface area contributed by atoms with Crippen LogP contribution in [-0.2, 0) is 12.2 Å². The SMILES string of the molecule is [NH3+]CCCCCc1nnc2sc(SCc3c(Cl)cccc3Cl)nn12. The average Bonchev–Trinajstić information content (AvgIpc) is 3.12. The van der Waals surface area contributed by atoms with Crippen molar-refractivity contribution in [2.75, 3.05) is 6.54 Å². The number of aromatic nitrogens is 4. The normalized spacial score (nSPS) is 11.5. The van der Waals surface area contributed by atoms with Crippen LogP contribution in [0.15, 0.2) is 22.5 Å². The van der Waals surface area contributed by atoms with Gasteiger partial charge in [0.2, 0.25) is 4.96 Å². The predicted molar refractivity (Wildman–Crippen MR) is 100.0 cm³/mol. The molecular formula is C15H18Cl2N5S2+. The van der Waals surface area contributed by atoms with E-state index >= 15 is 0 Å². The summed E-state index contributed by atoms with van der Waals surface area (Å²) in [4.78, 5) is 0.829. The monoisotopic (exact) mass is 402 g/mol. The largest absolute Gasteiger partial charge is 0.358 e. The molecule has 9 heteroatoms. The Kier molecular flexibility index (Phi) is 6.35. The molecule has 0 fully saturated rings. The molecule has 24 heavy (non-hydrogen) atoms. The van der Waals surface area contributed by atoms with Gasteiger partial charge >= 0.3 is 0 Å². The first-order valence-electron chi connectivity index (χ1n) is 7.75. The van der Waals surface area contributed by atoms with Gasteiger partial charge in [0.05, 0.1) is 6.54 Å². The molecule has 0 aliphatic rings. The number of fused-ring (bicyclic) bond motifs is 1. The molecule has 3 rings (SSSR count). The Balaban J connectivity index is 1.67. The summed E-state index contributed by atoms with van der Waals surface area (Å²) in [5.74, 6) is 1.61. The van der Waals surface area contributed by atoms with Crippen molar-refractivity contribution in [1.29, 1.82) is 0 Å². The van der Waals surface area contributed by atoms with E-state index in [9.17, 15) is 0 Å². The Labute approximate surface area is 158 Å². The first-order valence-corrected chi connectivity index (χ1v) is 10.3. The maximum absolute atomic E-state index is 6.21.